The molecule has 2 aromatic heterocycles. The van der Waals surface area contributed by atoms with Crippen molar-refractivity contribution in [3.8, 4) is 5.69 Å². The van der Waals surface area contributed by atoms with Crippen molar-refractivity contribution in [3.63, 3.8) is 0 Å². The molecule has 1 fully saturated rings. The number of nitrogens with zero attached hydrogens (tertiary/aromatic N) is 3. The Kier molecular flexibility index (Phi) is 8.84. The molecule has 3 aromatic rings. The van der Waals surface area contributed by atoms with Crippen LogP contribution in [0.3, 0.4) is 0 Å². The fraction of sp³-hybridized carbons (Fsp3) is 0.414. The monoisotopic (exact) mass is 510 g/mol. The van der Waals surface area contributed by atoms with Gasteiger partial charge in [-0.1, -0.05) is 20.3 Å². The number of nitrogens with one attached hydrogen (secondary N) is 1. The number of pyridine rings is 2. The molecule has 37 heavy (non-hydrogen) atoms. The van der Waals surface area contributed by atoms with Crippen molar-refractivity contribution in [2.24, 2.45) is 11.3 Å². The third-order valence-electron chi connectivity index (χ3n) is 7.24. The molecule has 1 aliphatic carbocycles. The fourth-order valence-electron chi connectivity index (χ4n) is 5.07. The Morgan fingerprint density at radius 2 is 1.97 bits per heavy atom. The van der Waals surface area contributed by atoms with Gasteiger partial charge in [0.05, 0.1) is 11.1 Å². The van der Waals surface area contributed by atoms with Gasteiger partial charge in [-0.3, -0.25) is 14.2 Å². The van der Waals surface area contributed by atoms with Gasteiger partial charge in [0.1, 0.15) is 23.0 Å². The SMILES string of the molecule is C=C.CCC1CCC(C)(CCNC(=O)c2cn(-c3ccc(F)cc3F)c3nc(N(C)C)ccc3c2=O)C1. The van der Waals surface area contributed by atoms with Crippen LogP contribution in [-0.4, -0.2) is 36.1 Å². The highest BCUT2D eigenvalue weighted by molar-refractivity contribution is 5.97. The first-order chi connectivity index (χ1) is 17.6. The molecule has 0 radical (unpaired) electrons. The molecular weight excluding hydrogens is 474 g/mol. The molecule has 4 rings (SSSR count). The lowest BCUT2D eigenvalue weighted by molar-refractivity contribution is 0.0946. The third-order valence-corrected chi connectivity index (χ3v) is 7.24. The standard InChI is InChI=1S/C27H32F2N4O2.C2H4/c1-5-17-10-11-27(2,15-17)12-13-30-26(35)20-16-33(22-8-6-18(28)14-21(22)29)25-19(24(20)34)7-9-23(31-25)32(3)4;1-2/h6-9,14,16-17H,5,10-13,15H2,1-4H3,(H,30,35);1-2H2. The Morgan fingerprint density at radius 3 is 2.59 bits per heavy atom. The maximum Gasteiger partial charge on any atom is 0.256 e. The molecule has 0 spiro atoms. The first-order valence-electron chi connectivity index (χ1n) is 12.6. The molecule has 0 bridgehead atoms. The van der Waals surface area contributed by atoms with Gasteiger partial charge >= 0.3 is 0 Å². The van der Waals surface area contributed by atoms with E-state index >= 15 is 0 Å². The highest BCUT2D eigenvalue weighted by atomic mass is 19.1. The van der Waals surface area contributed by atoms with Crippen molar-refractivity contribution in [2.75, 3.05) is 25.5 Å². The van der Waals surface area contributed by atoms with E-state index in [4.69, 9.17) is 0 Å². The van der Waals surface area contributed by atoms with Crippen LogP contribution in [0.15, 0.2) is 54.5 Å². The van der Waals surface area contributed by atoms with Gasteiger partial charge in [0, 0.05) is 32.9 Å². The lowest BCUT2D eigenvalue weighted by Crippen LogP contribution is -2.32. The highest BCUT2D eigenvalue weighted by Crippen LogP contribution is 2.44. The summed E-state index contributed by atoms with van der Waals surface area (Å²) in [5, 5.41) is 3.07. The molecule has 8 heteroatoms. The van der Waals surface area contributed by atoms with E-state index in [1.807, 2.05) is 0 Å². The second-order valence-corrected chi connectivity index (χ2v) is 10.1. The molecule has 0 aliphatic heterocycles. The van der Waals surface area contributed by atoms with Crippen molar-refractivity contribution in [2.45, 2.75) is 46.0 Å². The van der Waals surface area contributed by atoms with Crippen molar-refractivity contribution in [3.05, 3.63) is 77.1 Å². The Morgan fingerprint density at radius 1 is 1.24 bits per heavy atom. The van der Waals surface area contributed by atoms with E-state index in [1.54, 1.807) is 31.1 Å². The van der Waals surface area contributed by atoms with Gasteiger partial charge in [0.15, 0.2) is 5.65 Å². The summed E-state index contributed by atoms with van der Waals surface area (Å²) in [6.45, 7) is 10.9. The number of hydrogen-bond donors (Lipinski definition) is 1. The summed E-state index contributed by atoms with van der Waals surface area (Å²) >= 11 is 0. The molecule has 1 N–H and O–H groups in total. The highest BCUT2D eigenvalue weighted by Gasteiger charge is 2.33. The summed E-state index contributed by atoms with van der Waals surface area (Å²) in [5.74, 6) is -0.771. The average molecular weight is 511 g/mol. The molecule has 6 nitrogen and oxygen atoms in total. The van der Waals surface area contributed by atoms with Crippen LogP contribution in [-0.2, 0) is 0 Å². The van der Waals surface area contributed by atoms with Crippen LogP contribution in [0.1, 0.15) is 56.3 Å². The normalized spacial score (nSPS) is 18.8. The lowest BCUT2D eigenvalue weighted by Gasteiger charge is -2.24. The smallest absolute Gasteiger partial charge is 0.256 e. The zero-order chi connectivity index (χ0) is 27.3. The van der Waals surface area contributed by atoms with Gasteiger partial charge in [0.25, 0.3) is 5.91 Å². The van der Waals surface area contributed by atoms with Crippen LogP contribution in [0, 0.1) is 23.0 Å². The lowest BCUT2D eigenvalue weighted by atomic mass is 9.84. The maximum absolute atomic E-state index is 14.8. The van der Waals surface area contributed by atoms with Crippen LogP contribution in [0.5, 0.6) is 0 Å². The van der Waals surface area contributed by atoms with Crippen molar-refractivity contribution in [1.82, 2.24) is 14.9 Å². The number of aromatic nitrogens is 2. The molecule has 1 aliphatic rings. The number of halogens is 2. The number of benzene rings is 1. The molecule has 2 unspecified atom stereocenters. The first-order valence-corrected chi connectivity index (χ1v) is 12.6. The van der Waals surface area contributed by atoms with Gasteiger partial charge < -0.3 is 10.2 Å². The van der Waals surface area contributed by atoms with E-state index in [2.05, 4.69) is 37.3 Å². The van der Waals surface area contributed by atoms with E-state index in [-0.39, 0.29) is 27.7 Å². The Balaban J connectivity index is 0.00000186. The van der Waals surface area contributed by atoms with Crippen LogP contribution >= 0.6 is 0 Å². The summed E-state index contributed by atoms with van der Waals surface area (Å²) in [7, 11) is 3.59. The van der Waals surface area contributed by atoms with E-state index in [1.165, 1.54) is 29.7 Å². The fourth-order valence-corrected chi connectivity index (χ4v) is 5.07. The van der Waals surface area contributed by atoms with Gasteiger partial charge in [-0.25, -0.2) is 13.8 Å². The van der Waals surface area contributed by atoms with Crippen LogP contribution in [0.25, 0.3) is 16.7 Å². The second-order valence-electron chi connectivity index (χ2n) is 10.1. The number of carbonyl (C=O) groups is 1. The van der Waals surface area contributed by atoms with Gasteiger partial charge in [-0.2, -0.15) is 0 Å². The molecule has 1 saturated carbocycles. The van der Waals surface area contributed by atoms with E-state index < -0.39 is 23.0 Å². The van der Waals surface area contributed by atoms with Crippen LogP contribution in [0.4, 0.5) is 14.6 Å². The molecule has 0 saturated heterocycles. The Bertz CT molecular complexity index is 1340. The molecule has 2 atom stereocenters. The van der Waals surface area contributed by atoms with Gasteiger partial charge in [0.2, 0.25) is 5.43 Å². The van der Waals surface area contributed by atoms with Crippen molar-refractivity contribution < 1.29 is 13.6 Å². The number of amides is 1. The largest absolute Gasteiger partial charge is 0.363 e. The van der Waals surface area contributed by atoms with Gasteiger partial charge in [-0.05, 0) is 61.3 Å². The van der Waals surface area contributed by atoms with Crippen molar-refractivity contribution in [1.29, 1.82) is 0 Å². The third kappa shape index (κ3) is 6.06. The Labute approximate surface area is 217 Å². The minimum Gasteiger partial charge on any atom is -0.363 e. The zero-order valence-corrected chi connectivity index (χ0v) is 22.1. The van der Waals surface area contributed by atoms with Crippen molar-refractivity contribution >= 4 is 22.8 Å². The van der Waals surface area contributed by atoms with Crippen LogP contribution < -0.4 is 15.6 Å². The number of rotatable bonds is 7. The second kappa shape index (κ2) is 11.7. The summed E-state index contributed by atoms with van der Waals surface area (Å²) < 4.78 is 29.7. The number of fused-ring (bicyclic) bond motifs is 1. The minimum absolute atomic E-state index is 0.00192. The summed E-state index contributed by atoms with van der Waals surface area (Å²) in [6.07, 6.45) is 6.79. The van der Waals surface area contributed by atoms with E-state index in [9.17, 15) is 18.4 Å². The molecule has 1 amide bonds. The quantitative estimate of drug-likeness (QED) is 0.404. The van der Waals surface area contributed by atoms with Gasteiger partial charge in [-0.15, -0.1) is 13.2 Å². The maximum atomic E-state index is 14.8. The molecular formula is C29H36F2N4O2. The number of carbonyl (C=O) groups excluding carboxylic acids is 1. The topological polar surface area (TPSA) is 67.2 Å². The number of hydrogen-bond acceptors (Lipinski definition) is 4. The Hall–Kier alpha value is -3.55. The number of anilines is 1. The first kappa shape index (κ1) is 28.0. The predicted octanol–water partition coefficient (Wildman–Crippen LogP) is 5.87. The van der Waals surface area contributed by atoms with E-state index in [0.29, 0.717) is 12.4 Å². The minimum atomic E-state index is -0.821. The summed E-state index contributed by atoms with van der Waals surface area (Å²) in [5.41, 5.74) is -0.220. The molecule has 2 heterocycles. The molecule has 1 aromatic carbocycles. The summed E-state index contributed by atoms with van der Waals surface area (Å²) in [6, 6.07) is 6.41. The predicted molar refractivity (Wildman–Crippen MR) is 146 cm³/mol. The van der Waals surface area contributed by atoms with E-state index in [0.717, 1.165) is 37.3 Å². The summed E-state index contributed by atoms with van der Waals surface area (Å²) in [4.78, 5) is 32.6. The van der Waals surface area contributed by atoms with Crippen LogP contribution in [0.2, 0.25) is 0 Å². The average Bonchev–Trinajstić information content (AvgIpc) is 3.26. The molecule has 198 valence electrons. The zero-order valence-electron chi connectivity index (χ0n) is 22.1.